The van der Waals surface area contributed by atoms with Crippen molar-refractivity contribution in [3.05, 3.63) is 89.2 Å². The molecule has 3 aromatic rings. The lowest BCUT2D eigenvalue weighted by atomic mass is 9.98. The number of rotatable bonds is 6. The molecule has 1 aliphatic rings. The van der Waals surface area contributed by atoms with Crippen molar-refractivity contribution < 1.29 is 28.6 Å². The Morgan fingerprint density at radius 3 is 2.15 bits per heavy atom. The van der Waals surface area contributed by atoms with E-state index in [-0.39, 0.29) is 23.8 Å². The van der Waals surface area contributed by atoms with E-state index in [1.807, 2.05) is 48.5 Å². The van der Waals surface area contributed by atoms with Gasteiger partial charge in [0.1, 0.15) is 18.0 Å². The predicted molar refractivity (Wildman–Crippen MR) is 124 cm³/mol. The standard InChI is InChI=1S/C26H23FN2O5/c1-26(2,24(31)32)29-23(30)15-11-16(27)13-17(12-15)28-25(33)34-14-22-20-9-5-3-7-18(20)19-8-4-6-10-21(19)22/h3-13,22H,14H2,1-2H3,(H,28,33)(H,29,30)(H,31,32). The molecular formula is C26H23FN2O5. The number of carboxylic acids is 1. The molecule has 174 valence electrons. The number of anilines is 1. The summed E-state index contributed by atoms with van der Waals surface area (Å²) in [6, 6.07) is 19.1. The molecule has 7 nitrogen and oxygen atoms in total. The summed E-state index contributed by atoms with van der Waals surface area (Å²) in [5, 5.41) is 13.9. The predicted octanol–water partition coefficient (Wildman–Crippen LogP) is 4.78. The van der Waals surface area contributed by atoms with Gasteiger partial charge in [0.05, 0.1) is 0 Å². The summed E-state index contributed by atoms with van der Waals surface area (Å²) in [5.74, 6) is -2.93. The number of aliphatic carboxylic acids is 1. The van der Waals surface area contributed by atoms with Crippen molar-refractivity contribution in [2.24, 2.45) is 0 Å². The quantitative estimate of drug-likeness (QED) is 0.489. The Morgan fingerprint density at radius 1 is 0.971 bits per heavy atom. The summed E-state index contributed by atoms with van der Waals surface area (Å²) in [7, 11) is 0. The Hall–Kier alpha value is -4.20. The third-order valence-corrected chi connectivity index (χ3v) is 5.71. The highest BCUT2D eigenvalue weighted by atomic mass is 19.1. The Labute approximate surface area is 195 Å². The van der Waals surface area contributed by atoms with Crippen molar-refractivity contribution >= 4 is 23.7 Å². The number of fused-ring (bicyclic) bond motifs is 3. The van der Waals surface area contributed by atoms with E-state index in [2.05, 4.69) is 10.6 Å². The van der Waals surface area contributed by atoms with Crippen LogP contribution in [0, 0.1) is 5.82 Å². The van der Waals surface area contributed by atoms with Crippen LogP contribution in [0.25, 0.3) is 11.1 Å². The van der Waals surface area contributed by atoms with Crippen LogP contribution in [0.1, 0.15) is 41.3 Å². The lowest BCUT2D eigenvalue weighted by Crippen LogP contribution is -2.49. The highest BCUT2D eigenvalue weighted by molar-refractivity contribution is 5.99. The molecule has 0 aliphatic heterocycles. The van der Waals surface area contributed by atoms with Crippen LogP contribution < -0.4 is 10.6 Å². The van der Waals surface area contributed by atoms with Gasteiger partial charge in [-0.25, -0.2) is 14.0 Å². The average Bonchev–Trinajstić information content (AvgIpc) is 3.10. The molecule has 0 bridgehead atoms. The Morgan fingerprint density at radius 2 is 1.56 bits per heavy atom. The molecular weight excluding hydrogens is 439 g/mol. The second-order valence-corrected chi connectivity index (χ2v) is 8.56. The first-order valence-electron chi connectivity index (χ1n) is 10.6. The minimum atomic E-state index is -1.55. The molecule has 3 aromatic carbocycles. The highest BCUT2D eigenvalue weighted by Crippen LogP contribution is 2.44. The maximum Gasteiger partial charge on any atom is 0.411 e. The number of halogens is 1. The van der Waals surface area contributed by atoms with Crippen LogP contribution in [0.15, 0.2) is 66.7 Å². The van der Waals surface area contributed by atoms with Gasteiger partial charge in [-0.2, -0.15) is 0 Å². The highest BCUT2D eigenvalue weighted by Gasteiger charge is 2.30. The number of amides is 2. The van der Waals surface area contributed by atoms with Gasteiger partial charge in [0.15, 0.2) is 0 Å². The first kappa shape index (κ1) is 23.0. The number of benzene rings is 3. The lowest BCUT2D eigenvalue weighted by Gasteiger charge is -2.21. The normalized spacial score (nSPS) is 12.4. The number of carbonyl (C=O) groups is 3. The van der Waals surface area contributed by atoms with Gasteiger partial charge in [0, 0.05) is 17.2 Å². The van der Waals surface area contributed by atoms with Crippen LogP contribution in [0.5, 0.6) is 0 Å². The summed E-state index contributed by atoms with van der Waals surface area (Å²) in [4.78, 5) is 36.1. The zero-order valence-electron chi connectivity index (χ0n) is 18.6. The van der Waals surface area contributed by atoms with Crippen molar-refractivity contribution in [3.63, 3.8) is 0 Å². The van der Waals surface area contributed by atoms with Crippen molar-refractivity contribution in [1.29, 1.82) is 0 Å². The van der Waals surface area contributed by atoms with Crippen molar-refractivity contribution in [1.82, 2.24) is 5.32 Å². The van der Waals surface area contributed by atoms with Crippen LogP contribution in [0.3, 0.4) is 0 Å². The first-order valence-corrected chi connectivity index (χ1v) is 10.6. The van der Waals surface area contributed by atoms with Gasteiger partial charge in [-0.15, -0.1) is 0 Å². The van der Waals surface area contributed by atoms with E-state index in [0.717, 1.165) is 34.4 Å². The number of hydrogen-bond acceptors (Lipinski definition) is 4. The van der Waals surface area contributed by atoms with Crippen molar-refractivity contribution in [2.45, 2.75) is 25.3 Å². The van der Waals surface area contributed by atoms with E-state index in [9.17, 15) is 23.9 Å². The van der Waals surface area contributed by atoms with Gasteiger partial charge >= 0.3 is 12.1 Å². The maximum absolute atomic E-state index is 14.1. The molecule has 8 heteroatoms. The number of nitrogens with one attached hydrogen (secondary N) is 2. The molecule has 2 amide bonds. The minimum Gasteiger partial charge on any atom is -0.480 e. The van der Waals surface area contributed by atoms with E-state index in [0.29, 0.717) is 0 Å². The molecule has 0 radical (unpaired) electrons. The smallest absolute Gasteiger partial charge is 0.411 e. The van der Waals surface area contributed by atoms with E-state index in [1.54, 1.807) is 0 Å². The molecule has 0 spiro atoms. The van der Waals surface area contributed by atoms with Gasteiger partial charge in [-0.1, -0.05) is 48.5 Å². The van der Waals surface area contributed by atoms with E-state index >= 15 is 0 Å². The van der Waals surface area contributed by atoms with Gasteiger partial charge in [0.2, 0.25) is 0 Å². The SMILES string of the molecule is CC(C)(NC(=O)c1cc(F)cc(NC(=O)OCC2c3ccccc3-c3ccccc32)c1)C(=O)O. The molecule has 0 saturated carbocycles. The Kier molecular flexibility index (Phi) is 6.06. The minimum absolute atomic E-state index is 0.00973. The van der Waals surface area contributed by atoms with Gasteiger partial charge in [0.25, 0.3) is 5.91 Å². The summed E-state index contributed by atoms with van der Waals surface area (Å²) in [6.45, 7) is 2.69. The Bertz CT molecular complexity index is 1240. The number of ether oxygens (including phenoxy) is 1. The number of hydrogen-bond donors (Lipinski definition) is 3. The summed E-state index contributed by atoms with van der Waals surface area (Å²) >= 11 is 0. The molecule has 0 saturated heterocycles. The monoisotopic (exact) mass is 462 g/mol. The molecule has 4 rings (SSSR count). The number of carboxylic acid groups (broad SMARTS) is 1. The van der Waals surface area contributed by atoms with Gasteiger partial charge < -0.3 is 15.2 Å². The van der Waals surface area contributed by atoms with Gasteiger partial charge in [-0.05, 0) is 54.3 Å². The van der Waals surface area contributed by atoms with Crippen LogP contribution in [-0.4, -0.2) is 35.2 Å². The molecule has 0 heterocycles. The lowest BCUT2D eigenvalue weighted by molar-refractivity contribution is -0.143. The molecule has 0 atom stereocenters. The first-order chi connectivity index (χ1) is 16.2. The van der Waals surface area contributed by atoms with Crippen LogP contribution >= 0.6 is 0 Å². The van der Waals surface area contributed by atoms with E-state index in [4.69, 9.17) is 4.74 Å². The Balaban J connectivity index is 1.45. The van der Waals surface area contributed by atoms with Crippen molar-refractivity contribution in [3.8, 4) is 11.1 Å². The molecule has 3 N–H and O–H groups in total. The van der Waals surface area contributed by atoms with E-state index in [1.165, 1.54) is 19.9 Å². The van der Waals surface area contributed by atoms with Crippen LogP contribution in [0.2, 0.25) is 0 Å². The molecule has 34 heavy (non-hydrogen) atoms. The fraction of sp³-hybridized carbons (Fsp3) is 0.192. The molecule has 0 aromatic heterocycles. The van der Waals surface area contributed by atoms with Crippen molar-refractivity contribution in [2.75, 3.05) is 11.9 Å². The van der Waals surface area contributed by atoms with E-state index < -0.39 is 29.3 Å². The average molecular weight is 462 g/mol. The summed E-state index contributed by atoms with van der Waals surface area (Å²) in [5.41, 5.74) is 2.63. The fourth-order valence-corrected chi connectivity index (χ4v) is 3.95. The second-order valence-electron chi connectivity index (χ2n) is 8.56. The third kappa shape index (κ3) is 4.61. The zero-order valence-corrected chi connectivity index (χ0v) is 18.6. The fourth-order valence-electron chi connectivity index (χ4n) is 3.95. The molecule has 1 aliphatic carbocycles. The number of carbonyl (C=O) groups excluding carboxylic acids is 2. The van der Waals surface area contributed by atoms with Crippen LogP contribution in [0.4, 0.5) is 14.9 Å². The maximum atomic E-state index is 14.1. The van der Waals surface area contributed by atoms with Gasteiger partial charge in [-0.3, -0.25) is 10.1 Å². The third-order valence-electron chi connectivity index (χ3n) is 5.71. The summed E-state index contributed by atoms with van der Waals surface area (Å²) in [6.07, 6.45) is -0.801. The molecule has 0 fully saturated rings. The van der Waals surface area contributed by atoms with Crippen LogP contribution in [-0.2, 0) is 9.53 Å². The largest absolute Gasteiger partial charge is 0.480 e. The second kappa shape index (κ2) is 8.97. The zero-order chi connectivity index (χ0) is 24.5. The summed E-state index contributed by atoms with van der Waals surface area (Å²) < 4.78 is 19.5. The molecule has 0 unspecified atom stereocenters. The topological polar surface area (TPSA) is 105 Å².